The highest BCUT2D eigenvalue weighted by Gasteiger charge is 2.21. The first-order chi connectivity index (χ1) is 5.36. The first kappa shape index (κ1) is 9.69. The molecule has 0 aromatic carbocycles. The van der Waals surface area contributed by atoms with Crippen molar-refractivity contribution < 1.29 is 0 Å². The summed E-state index contributed by atoms with van der Waals surface area (Å²) in [6, 6.07) is 0.742. The van der Waals surface area contributed by atoms with Gasteiger partial charge in [-0.1, -0.05) is 0 Å². The third kappa shape index (κ3) is 3.22. The molecule has 0 radical (unpaired) electrons. The molecule has 0 bridgehead atoms. The van der Waals surface area contributed by atoms with Crippen LogP contribution in [0, 0.1) is 0 Å². The lowest BCUT2D eigenvalue weighted by Gasteiger charge is -2.07. The van der Waals surface area contributed by atoms with Gasteiger partial charge in [0.1, 0.15) is 0 Å². The van der Waals surface area contributed by atoms with Crippen molar-refractivity contribution in [1.29, 1.82) is 0 Å². The third-order valence-corrected chi connectivity index (χ3v) is 3.49. The van der Waals surface area contributed by atoms with Gasteiger partial charge in [-0.25, -0.2) is 0 Å². The second kappa shape index (κ2) is 5.28. The summed E-state index contributed by atoms with van der Waals surface area (Å²) < 4.78 is 0. The van der Waals surface area contributed by atoms with Crippen molar-refractivity contribution in [2.45, 2.75) is 30.6 Å². The van der Waals surface area contributed by atoms with Gasteiger partial charge in [-0.3, -0.25) is 0 Å². The Hall–Kier alpha value is 0.600. The van der Waals surface area contributed by atoms with Crippen molar-refractivity contribution >= 4 is 23.4 Å². The molecule has 1 fully saturated rings. The SMILES string of the molecule is CS[C@H]1CNC(CCCCl)C1. The van der Waals surface area contributed by atoms with Crippen molar-refractivity contribution in [2.24, 2.45) is 0 Å². The Labute approximate surface area is 78.3 Å². The molecule has 1 saturated heterocycles. The molecule has 0 saturated carbocycles. The van der Waals surface area contributed by atoms with E-state index in [9.17, 15) is 0 Å². The van der Waals surface area contributed by atoms with Crippen LogP contribution in [0.2, 0.25) is 0 Å². The van der Waals surface area contributed by atoms with Crippen LogP contribution in [0.1, 0.15) is 19.3 Å². The fourth-order valence-corrected chi connectivity index (χ4v) is 2.35. The van der Waals surface area contributed by atoms with Crippen LogP contribution in [0.3, 0.4) is 0 Å². The quantitative estimate of drug-likeness (QED) is 0.687. The summed E-state index contributed by atoms with van der Waals surface area (Å²) in [7, 11) is 0. The number of hydrogen-bond acceptors (Lipinski definition) is 2. The number of rotatable bonds is 4. The smallest absolute Gasteiger partial charge is 0.0224 e. The minimum atomic E-state index is 0.742. The van der Waals surface area contributed by atoms with Crippen LogP contribution >= 0.6 is 23.4 Å². The molecule has 1 heterocycles. The highest BCUT2D eigenvalue weighted by Crippen LogP contribution is 2.20. The molecule has 2 atom stereocenters. The van der Waals surface area contributed by atoms with Gasteiger partial charge in [-0.2, -0.15) is 11.8 Å². The molecule has 0 aliphatic carbocycles. The van der Waals surface area contributed by atoms with E-state index in [4.69, 9.17) is 11.6 Å². The molecule has 0 spiro atoms. The lowest BCUT2D eigenvalue weighted by atomic mass is 10.1. The van der Waals surface area contributed by atoms with Crippen LogP contribution in [0.4, 0.5) is 0 Å². The van der Waals surface area contributed by atoms with Crippen LogP contribution in [-0.2, 0) is 0 Å². The van der Waals surface area contributed by atoms with Crippen molar-refractivity contribution in [3.63, 3.8) is 0 Å². The summed E-state index contributed by atoms with van der Waals surface area (Å²) in [4.78, 5) is 0. The molecule has 1 aliphatic rings. The van der Waals surface area contributed by atoms with Gasteiger partial charge in [0.15, 0.2) is 0 Å². The summed E-state index contributed by atoms with van der Waals surface area (Å²) >= 11 is 7.59. The fourth-order valence-electron chi connectivity index (χ4n) is 1.51. The summed E-state index contributed by atoms with van der Waals surface area (Å²) in [6.45, 7) is 1.19. The number of nitrogens with one attached hydrogen (secondary N) is 1. The van der Waals surface area contributed by atoms with Crippen LogP contribution < -0.4 is 5.32 Å². The van der Waals surface area contributed by atoms with Gasteiger partial charge >= 0.3 is 0 Å². The van der Waals surface area contributed by atoms with Crippen LogP contribution in [0.25, 0.3) is 0 Å². The predicted octanol–water partition coefficient (Wildman–Crippen LogP) is 2.10. The Balaban J connectivity index is 2.09. The van der Waals surface area contributed by atoms with Crippen LogP contribution in [0.5, 0.6) is 0 Å². The molecule has 3 heteroatoms. The maximum atomic E-state index is 5.62. The monoisotopic (exact) mass is 193 g/mol. The normalized spacial score (nSPS) is 31.1. The van der Waals surface area contributed by atoms with E-state index in [-0.39, 0.29) is 0 Å². The topological polar surface area (TPSA) is 12.0 Å². The fraction of sp³-hybridized carbons (Fsp3) is 1.00. The second-order valence-electron chi connectivity index (χ2n) is 3.03. The Morgan fingerprint density at radius 3 is 3.00 bits per heavy atom. The van der Waals surface area contributed by atoms with Gasteiger partial charge in [0, 0.05) is 23.7 Å². The van der Waals surface area contributed by atoms with Gasteiger partial charge in [-0.05, 0) is 25.5 Å². The standard InChI is InChI=1S/C8H16ClNS/c1-11-8-5-7(10-6-8)3-2-4-9/h7-8,10H,2-6H2,1H3/t7?,8-/m1/s1. The van der Waals surface area contributed by atoms with E-state index in [2.05, 4.69) is 11.6 Å². The Kier molecular flexibility index (Phi) is 4.65. The zero-order valence-electron chi connectivity index (χ0n) is 6.98. The number of halogens is 1. The Morgan fingerprint density at radius 2 is 2.45 bits per heavy atom. The minimum absolute atomic E-state index is 0.742. The van der Waals surface area contributed by atoms with Crippen molar-refractivity contribution in [2.75, 3.05) is 18.7 Å². The Morgan fingerprint density at radius 1 is 1.64 bits per heavy atom. The van der Waals surface area contributed by atoms with E-state index < -0.39 is 0 Å². The zero-order valence-corrected chi connectivity index (χ0v) is 8.55. The molecular formula is C8H16ClNS. The average molecular weight is 194 g/mol. The summed E-state index contributed by atoms with van der Waals surface area (Å²) in [5.74, 6) is 0.808. The van der Waals surface area contributed by atoms with Gasteiger partial charge in [0.05, 0.1) is 0 Å². The van der Waals surface area contributed by atoms with Crippen molar-refractivity contribution in [3.8, 4) is 0 Å². The van der Waals surface area contributed by atoms with Gasteiger partial charge in [-0.15, -0.1) is 11.6 Å². The van der Waals surface area contributed by atoms with E-state index in [1.165, 1.54) is 19.4 Å². The molecule has 1 rings (SSSR count). The van der Waals surface area contributed by atoms with E-state index in [0.717, 1.165) is 23.6 Å². The van der Waals surface area contributed by atoms with Gasteiger partial charge in [0.2, 0.25) is 0 Å². The minimum Gasteiger partial charge on any atom is -0.313 e. The van der Waals surface area contributed by atoms with E-state index in [1.807, 2.05) is 11.8 Å². The molecule has 1 aliphatic heterocycles. The maximum Gasteiger partial charge on any atom is 0.0224 e. The summed E-state index contributed by atoms with van der Waals surface area (Å²) in [6.07, 6.45) is 5.93. The lowest BCUT2D eigenvalue weighted by molar-refractivity contribution is 0.553. The van der Waals surface area contributed by atoms with Crippen molar-refractivity contribution in [3.05, 3.63) is 0 Å². The molecular weight excluding hydrogens is 178 g/mol. The molecule has 1 nitrogen and oxygen atoms in total. The summed E-state index contributed by atoms with van der Waals surface area (Å²) in [5.41, 5.74) is 0. The van der Waals surface area contributed by atoms with Crippen molar-refractivity contribution in [1.82, 2.24) is 5.32 Å². The Bertz CT molecular complexity index is 110. The molecule has 0 amide bonds. The van der Waals surface area contributed by atoms with E-state index in [0.29, 0.717) is 0 Å². The molecule has 1 unspecified atom stereocenters. The number of hydrogen-bond donors (Lipinski definition) is 1. The van der Waals surface area contributed by atoms with Gasteiger partial charge in [0.25, 0.3) is 0 Å². The molecule has 66 valence electrons. The molecule has 0 aromatic rings. The molecule has 1 N–H and O–H groups in total. The summed E-state index contributed by atoms with van der Waals surface area (Å²) in [5, 5.41) is 4.36. The first-order valence-electron chi connectivity index (χ1n) is 4.19. The van der Waals surface area contributed by atoms with Gasteiger partial charge < -0.3 is 5.32 Å². The zero-order chi connectivity index (χ0) is 8.10. The number of thioether (sulfide) groups is 1. The second-order valence-corrected chi connectivity index (χ2v) is 4.55. The molecule has 11 heavy (non-hydrogen) atoms. The largest absolute Gasteiger partial charge is 0.313 e. The third-order valence-electron chi connectivity index (χ3n) is 2.20. The average Bonchev–Trinajstić information content (AvgIpc) is 2.48. The van der Waals surface area contributed by atoms with E-state index >= 15 is 0 Å². The molecule has 0 aromatic heterocycles. The highest BCUT2D eigenvalue weighted by molar-refractivity contribution is 7.99. The highest BCUT2D eigenvalue weighted by atomic mass is 35.5. The number of alkyl halides is 1. The van der Waals surface area contributed by atoms with E-state index in [1.54, 1.807) is 0 Å². The first-order valence-corrected chi connectivity index (χ1v) is 6.01. The lowest BCUT2D eigenvalue weighted by Crippen LogP contribution is -2.21. The maximum absolute atomic E-state index is 5.62. The van der Waals surface area contributed by atoms with Crippen LogP contribution in [0.15, 0.2) is 0 Å². The van der Waals surface area contributed by atoms with Crippen LogP contribution in [-0.4, -0.2) is 30.0 Å². The predicted molar refractivity (Wildman–Crippen MR) is 53.7 cm³/mol.